The van der Waals surface area contributed by atoms with Crippen LogP contribution in [0.15, 0.2) is 18.2 Å². The van der Waals surface area contributed by atoms with Gasteiger partial charge in [0.1, 0.15) is 5.75 Å². The average molecular weight is 246 g/mol. The standard InChI is InChI=1S/C15H22N2O/c1-11-9-13(3-4-15(11)18-2)17-8-6-12-5-7-16-14(12)10-17/h3-4,9,12,14,16H,5-8,10H2,1-2H3. The van der Waals surface area contributed by atoms with Gasteiger partial charge in [0, 0.05) is 24.8 Å². The highest BCUT2D eigenvalue weighted by atomic mass is 16.5. The van der Waals surface area contributed by atoms with Crippen LogP contribution >= 0.6 is 0 Å². The van der Waals surface area contributed by atoms with Crippen LogP contribution in [0.3, 0.4) is 0 Å². The van der Waals surface area contributed by atoms with E-state index in [4.69, 9.17) is 4.74 Å². The zero-order chi connectivity index (χ0) is 12.5. The molecule has 3 heteroatoms. The molecule has 0 bridgehead atoms. The van der Waals surface area contributed by atoms with Crippen LogP contribution in [0.5, 0.6) is 5.75 Å². The lowest BCUT2D eigenvalue weighted by molar-refractivity contribution is 0.373. The molecule has 1 N–H and O–H groups in total. The Kier molecular flexibility index (Phi) is 3.16. The van der Waals surface area contributed by atoms with E-state index in [9.17, 15) is 0 Å². The lowest BCUT2D eigenvalue weighted by Gasteiger charge is -2.36. The van der Waals surface area contributed by atoms with E-state index >= 15 is 0 Å². The molecule has 2 atom stereocenters. The molecule has 1 aromatic carbocycles. The second kappa shape index (κ2) is 4.81. The van der Waals surface area contributed by atoms with E-state index in [0.717, 1.165) is 18.2 Å². The minimum atomic E-state index is 0.696. The first-order valence-electron chi connectivity index (χ1n) is 6.91. The smallest absolute Gasteiger partial charge is 0.121 e. The summed E-state index contributed by atoms with van der Waals surface area (Å²) >= 11 is 0. The largest absolute Gasteiger partial charge is 0.496 e. The fourth-order valence-electron chi connectivity index (χ4n) is 3.33. The fourth-order valence-corrected chi connectivity index (χ4v) is 3.33. The monoisotopic (exact) mass is 246 g/mol. The number of ether oxygens (including phenoxy) is 1. The van der Waals surface area contributed by atoms with E-state index in [-0.39, 0.29) is 0 Å². The van der Waals surface area contributed by atoms with Crippen molar-refractivity contribution in [3.8, 4) is 5.75 Å². The van der Waals surface area contributed by atoms with E-state index < -0.39 is 0 Å². The molecule has 3 nitrogen and oxygen atoms in total. The van der Waals surface area contributed by atoms with Crippen LogP contribution in [0.4, 0.5) is 5.69 Å². The van der Waals surface area contributed by atoms with Crippen molar-refractivity contribution >= 4 is 5.69 Å². The Balaban J connectivity index is 1.76. The van der Waals surface area contributed by atoms with Crippen molar-refractivity contribution in [2.45, 2.75) is 25.8 Å². The maximum absolute atomic E-state index is 5.33. The van der Waals surface area contributed by atoms with Crippen LogP contribution in [-0.2, 0) is 0 Å². The van der Waals surface area contributed by atoms with Gasteiger partial charge in [-0.1, -0.05) is 0 Å². The Hall–Kier alpha value is -1.22. The molecule has 0 radical (unpaired) electrons. The maximum atomic E-state index is 5.33. The zero-order valence-electron chi connectivity index (χ0n) is 11.3. The highest BCUT2D eigenvalue weighted by molar-refractivity contribution is 5.53. The molecule has 0 aliphatic carbocycles. The fraction of sp³-hybridized carbons (Fsp3) is 0.600. The number of aryl methyl sites for hydroxylation is 1. The number of piperidine rings is 1. The van der Waals surface area contributed by atoms with Crippen LogP contribution in [0.2, 0.25) is 0 Å². The number of hydrogen-bond donors (Lipinski definition) is 1. The van der Waals surface area contributed by atoms with Gasteiger partial charge < -0.3 is 15.0 Å². The quantitative estimate of drug-likeness (QED) is 0.865. The van der Waals surface area contributed by atoms with Gasteiger partial charge in [0.25, 0.3) is 0 Å². The van der Waals surface area contributed by atoms with Gasteiger partial charge >= 0.3 is 0 Å². The topological polar surface area (TPSA) is 24.5 Å². The van der Waals surface area contributed by atoms with Gasteiger partial charge in [-0.05, 0) is 56.0 Å². The summed E-state index contributed by atoms with van der Waals surface area (Å²) in [5, 5.41) is 3.63. The maximum Gasteiger partial charge on any atom is 0.121 e. The van der Waals surface area contributed by atoms with Crippen molar-refractivity contribution in [2.75, 3.05) is 31.6 Å². The third kappa shape index (κ3) is 2.07. The first-order chi connectivity index (χ1) is 8.78. The van der Waals surface area contributed by atoms with Crippen molar-refractivity contribution in [3.63, 3.8) is 0 Å². The molecule has 0 aromatic heterocycles. The number of fused-ring (bicyclic) bond motifs is 1. The summed E-state index contributed by atoms with van der Waals surface area (Å²) in [6, 6.07) is 7.20. The van der Waals surface area contributed by atoms with Gasteiger partial charge in [-0.3, -0.25) is 0 Å². The van der Waals surface area contributed by atoms with Gasteiger partial charge in [-0.15, -0.1) is 0 Å². The SMILES string of the molecule is COc1ccc(N2CCC3CCNC3C2)cc1C. The highest BCUT2D eigenvalue weighted by Gasteiger charge is 2.32. The zero-order valence-corrected chi connectivity index (χ0v) is 11.3. The normalized spacial score (nSPS) is 27.1. The number of hydrogen-bond acceptors (Lipinski definition) is 3. The molecule has 2 unspecified atom stereocenters. The van der Waals surface area contributed by atoms with E-state index in [1.165, 1.54) is 37.2 Å². The van der Waals surface area contributed by atoms with Crippen LogP contribution in [0.25, 0.3) is 0 Å². The molecule has 1 aromatic rings. The Bertz CT molecular complexity index is 433. The van der Waals surface area contributed by atoms with Gasteiger partial charge in [-0.25, -0.2) is 0 Å². The van der Waals surface area contributed by atoms with Crippen molar-refractivity contribution in [2.24, 2.45) is 5.92 Å². The predicted molar refractivity (Wildman–Crippen MR) is 74.5 cm³/mol. The van der Waals surface area contributed by atoms with Crippen molar-refractivity contribution in [3.05, 3.63) is 23.8 Å². The van der Waals surface area contributed by atoms with Crippen LogP contribution in [-0.4, -0.2) is 32.8 Å². The molecule has 2 saturated heterocycles. The number of anilines is 1. The van der Waals surface area contributed by atoms with Crippen LogP contribution < -0.4 is 15.0 Å². The Morgan fingerprint density at radius 3 is 3.00 bits per heavy atom. The van der Waals surface area contributed by atoms with E-state index in [2.05, 4.69) is 35.3 Å². The molecule has 2 aliphatic heterocycles. The van der Waals surface area contributed by atoms with E-state index in [1.54, 1.807) is 7.11 Å². The molecule has 0 spiro atoms. The van der Waals surface area contributed by atoms with Gasteiger partial charge in [-0.2, -0.15) is 0 Å². The van der Waals surface area contributed by atoms with Crippen molar-refractivity contribution in [1.29, 1.82) is 0 Å². The second-order valence-corrected chi connectivity index (χ2v) is 5.50. The minimum Gasteiger partial charge on any atom is -0.496 e. The summed E-state index contributed by atoms with van der Waals surface area (Å²) in [4.78, 5) is 2.51. The molecule has 0 amide bonds. The van der Waals surface area contributed by atoms with Crippen LogP contribution in [0, 0.1) is 12.8 Å². The first kappa shape index (κ1) is 11.8. The number of methoxy groups -OCH3 is 1. The molecule has 3 rings (SSSR count). The molecular formula is C15H22N2O. The number of rotatable bonds is 2. The van der Waals surface area contributed by atoms with Gasteiger partial charge in [0.2, 0.25) is 0 Å². The molecule has 18 heavy (non-hydrogen) atoms. The summed E-state index contributed by atoms with van der Waals surface area (Å²) in [5.74, 6) is 1.88. The lowest BCUT2D eigenvalue weighted by Crippen LogP contribution is -2.46. The molecule has 98 valence electrons. The number of nitrogens with zero attached hydrogens (tertiary/aromatic N) is 1. The summed E-state index contributed by atoms with van der Waals surface area (Å²) in [6.07, 6.45) is 2.68. The molecule has 2 fully saturated rings. The Morgan fingerprint density at radius 2 is 2.22 bits per heavy atom. The minimum absolute atomic E-state index is 0.696. The van der Waals surface area contributed by atoms with Crippen molar-refractivity contribution < 1.29 is 4.74 Å². The summed E-state index contributed by atoms with van der Waals surface area (Å²) in [6.45, 7) is 5.65. The second-order valence-electron chi connectivity index (χ2n) is 5.50. The van der Waals surface area contributed by atoms with E-state index in [1.807, 2.05) is 0 Å². The Labute approximate surface area is 109 Å². The number of benzene rings is 1. The third-order valence-corrected chi connectivity index (χ3v) is 4.42. The first-order valence-corrected chi connectivity index (χ1v) is 6.91. The number of nitrogens with one attached hydrogen (secondary N) is 1. The highest BCUT2D eigenvalue weighted by Crippen LogP contribution is 2.30. The summed E-state index contributed by atoms with van der Waals surface area (Å²) < 4.78 is 5.33. The van der Waals surface area contributed by atoms with E-state index in [0.29, 0.717) is 6.04 Å². The third-order valence-electron chi connectivity index (χ3n) is 4.42. The predicted octanol–water partition coefficient (Wildman–Crippen LogP) is 2.19. The van der Waals surface area contributed by atoms with Gasteiger partial charge in [0.05, 0.1) is 7.11 Å². The van der Waals surface area contributed by atoms with Gasteiger partial charge in [0.15, 0.2) is 0 Å². The average Bonchev–Trinajstić information content (AvgIpc) is 2.85. The van der Waals surface area contributed by atoms with Crippen molar-refractivity contribution in [1.82, 2.24) is 5.32 Å². The molecule has 0 saturated carbocycles. The lowest BCUT2D eigenvalue weighted by atomic mass is 9.92. The Morgan fingerprint density at radius 1 is 1.33 bits per heavy atom. The summed E-state index contributed by atoms with van der Waals surface area (Å²) in [7, 11) is 1.73. The molecular weight excluding hydrogens is 224 g/mol. The molecule has 2 aliphatic rings. The molecule has 2 heterocycles. The van der Waals surface area contributed by atoms with Crippen LogP contribution in [0.1, 0.15) is 18.4 Å². The summed E-state index contributed by atoms with van der Waals surface area (Å²) in [5.41, 5.74) is 2.55.